The number of carboxylic acids is 1. The van der Waals surface area contributed by atoms with Gasteiger partial charge in [-0.25, -0.2) is 9.78 Å². The molecule has 1 aliphatic rings. The van der Waals surface area contributed by atoms with Gasteiger partial charge in [0.2, 0.25) is 0 Å². The van der Waals surface area contributed by atoms with Gasteiger partial charge in [-0.3, -0.25) is 4.98 Å². The van der Waals surface area contributed by atoms with Crippen LogP contribution in [0.3, 0.4) is 0 Å². The van der Waals surface area contributed by atoms with Crippen molar-refractivity contribution in [1.29, 1.82) is 0 Å². The highest BCUT2D eigenvalue weighted by Crippen LogP contribution is 2.34. The van der Waals surface area contributed by atoms with Crippen molar-refractivity contribution >= 4 is 5.97 Å². The first kappa shape index (κ1) is 11.9. The van der Waals surface area contributed by atoms with Gasteiger partial charge in [0.25, 0.3) is 0 Å². The molecule has 3 rings (SSSR count). The molecule has 1 unspecified atom stereocenters. The van der Waals surface area contributed by atoms with E-state index in [9.17, 15) is 9.90 Å². The Bertz CT molecular complexity index is 619. The van der Waals surface area contributed by atoms with Crippen molar-refractivity contribution in [3.05, 3.63) is 35.9 Å². The lowest BCUT2D eigenvalue weighted by Crippen LogP contribution is -2.16. The van der Waals surface area contributed by atoms with Gasteiger partial charge in [0.1, 0.15) is 5.82 Å². The molecule has 5 nitrogen and oxygen atoms in total. The van der Waals surface area contributed by atoms with Crippen LogP contribution in [0.2, 0.25) is 0 Å². The number of rotatable bonds is 2. The SMILES string of the molecule is CC1CCCn2c(-c3ccncc3)nc(C(=O)O)c21. The third kappa shape index (κ3) is 1.91. The molecular weight excluding hydrogens is 242 g/mol. The van der Waals surface area contributed by atoms with Crippen molar-refractivity contribution < 1.29 is 9.90 Å². The van der Waals surface area contributed by atoms with E-state index in [1.807, 2.05) is 16.7 Å². The molecule has 1 N–H and O–H groups in total. The maximum absolute atomic E-state index is 11.4. The minimum Gasteiger partial charge on any atom is -0.476 e. The maximum atomic E-state index is 11.4. The average molecular weight is 257 g/mol. The van der Waals surface area contributed by atoms with Gasteiger partial charge in [0.05, 0.1) is 5.69 Å². The van der Waals surface area contributed by atoms with Crippen LogP contribution in [0.25, 0.3) is 11.4 Å². The summed E-state index contributed by atoms with van der Waals surface area (Å²) in [5.74, 6) is 0.0297. The summed E-state index contributed by atoms with van der Waals surface area (Å²) >= 11 is 0. The summed E-state index contributed by atoms with van der Waals surface area (Å²) in [6, 6.07) is 3.72. The number of aromatic nitrogens is 3. The van der Waals surface area contributed by atoms with Crippen molar-refractivity contribution in [2.45, 2.75) is 32.2 Å². The summed E-state index contributed by atoms with van der Waals surface area (Å²) in [7, 11) is 0. The van der Waals surface area contributed by atoms with E-state index in [2.05, 4.69) is 16.9 Å². The number of fused-ring (bicyclic) bond motifs is 1. The summed E-state index contributed by atoms with van der Waals surface area (Å²) < 4.78 is 2.05. The van der Waals surface area contributed by atoms with Crippen molar-refractivity contribution in [3.8, 4) is 11.4 Å². The van der Waals surface area contributed by atoms with Gasteiger partial charge in [-0.05, 0) is 30.9 Å². The lowest BCUT2D eigenvalue weighted by atomic mass is 9.96. The molecule has 98 valence electrons. The van der Waals surface area contributed by atoms with Crippen molar-refractivity contribution in [2.24, 2.45) is 0 Å². The van der Waals surface area contributed by atoms with Gasteiger partial charge < -0.3 is 9.67 Å². The Balaban J connectivity index is 2.22. The first-order chi connectivity index (χ1) is 9.18. The summed E-state index contributed by atoms with van der Waals surface area (Å²) in [4.78, 5) is 19.7. The molecular formula is C14H15N3O2. The van der Waals surface area contributed by atoms with E-state index in [4.69, 9.17) is 0 Å². The summed E-state index contributed by atoms with van der Waals surface area (Å²) in [5.41, 5.74) is 1.96. The average Bonchev–Trinajstić information content (AvgIpc) is 2.81. The van der Waals surface area contributed by atoms with Crippen LogP contribution in [0.15, 0.2) is 24.5 Å². The smallest absolute Gasteiger partial charge is 0.356 e. The number of carboxylic acid groups (broad SMARTS) is 1. The minimum atomic E-state index is -0.946. The van der Waals surface area contributed by atoms with Crippen molar-refractivity contribution in [2.75, 3.05) is 0 Å². The Labute approximate surface area is 110 Å². The van der Waals surface area contributed by atoms with Crippen LogP contribution in [0, 0.1) is 0 Å². The Morgan fingerprint density at radius 3 is 2.84 bits per heavy atom. The quantitative estimate of drug-likeness (QED) is 0.897. The van der Waals surface area contributed by atoms with E-state index in [0.29, 0.717) is 0 Å². The highest BCUT2D eigenvalue weighted by molar-refractivity contribution is 5.88. The molecule has 0 bridgehead atoms. The number of imidazole rings is 1. The second-order valence-electron chi connectivity index (χ2n) is 4.91. The molecule has 3 heterocycles. The monoisotopic (exact) mass is 257 g/mol. The molecule has 5 heteroatoms. The lowest BCUT2D eigenvalue weighted by Gasteiger charge is -2.22. The van der Waals surface area contributed by atoms with Gasteiger partial charge >= 0.3 is 5.97 Å². The molecule has 19 heavy (non-hydrogen) atoms. The number of aromatic carboxylic acids is 1. The topological polar surface area (TPSA) is 68.0 Å². The van der Waals surface area contributed by atoms with Crippen LogP contribution in [0.1, 0.15) is 41.9 Å². The number of pyridine rings is 1. The second-order valence-corrected chi connectivity index (χ2v) is 4.91. The van der Waals surface area contributed by atoms with E-state index in [1.165, 1.54) is 0 Å². The fraction of sp³-hybridized carbons (Fsp3) is 0.357. The minimum absolute atomic E-state index is 0.194. The predicted octanol–water partition coefficient (Wildman–Crippen LogP) is 2.54. The van der Waals surface area contributed by atoms with Gasteiger partial charge in [0.15, 0.2) is 5.69 Å². The number of hydrogen-bond acceptors (Lipinski definition) is 3. The molecule has 1 atom stereocenters. The van der Waals surface area contributed by atoms with Crippen molar-refractivity contribution in [1.82, 2.24) is 14.5 Å². The van der Waals surface area contributed by atoms with Gasteiger partial charge in [-0.15, -0.1) is 0 Å². The molecule has 2 aromatic heterocycles. The largest absolute Gasteiger partial charge is 0.476 e. The van der Waals surface area contributed by atoms with Gasteiger partial charge in [0, 0.05) is 24.5 Å². The second kappa shape index (κ2) is 4.50. The number of nitrogens with zero attached hydrogens (tertiary/aromatic N) is 3. The maximum Gasteiger partial charge on any atom is 0.356 e. The third-order valence-corrected chi connectivity index (χ3v) is 3.63. The molecule has 2 aromatic rings. The van der Waals surface area contributed by atoms with Gasteiger partial charge in [-0.2, -0.15) is 0 Å². The van der Waals surface area contributed by atoms with Crippen molar-refractivity contribution in [3.63, 3.8) is 0 Å². The van der Waals surface area contributed by atoms with E-state index in [0.717, 1.165) is 36.5 Å². The number of carbonyl (C=O) groups is 1. The molecule has 0 aliphatic carbocycles. The molecule has 1 aliphatic heterocycles. The zero-order valence-corrected chi connectivity index (χ0v) is 10.7. The Hall–Kier alpha value is -2.17. The fourth-order valence-corrected chi connectivity index (χ4v) is 2.76. The molecule has 0 aromatic carbocycles. The molecule has 0 radical (unpaired) electrons. The molecule has 0 amide bonds. The normalized spacial score (nSPS) is 18.1. The van der Waals surface area contributed by atoms with Crippen LogP contribution >= 0.6 is 0 Å². The zero-order chi connectivity index (χ0) is 13.4. The zero-order valence-electron chi connectivity index (χ0n) is 10.7. The molecule has 0 saturated carbocycles. The fourth-order valence-electron chi connectivity index (χ4n) is 2.76. The van der Waals surface area contributed by atoms with E-state index < -0.39 is 5.97 Å². The third-order valence-electron chi connectivity index (χ3n) is 3.63. The summed E-state index contributed by atoms with van der Waals surface area (Å²) in [6.45, 7) is 2.90. The van der Waals surface area contributed by atoms with E-state index in [-0.39, 0.29) is 11.6 Å². The predicted molar refractivity (Wildman–Crippen MR) is 70.1 cm³/mol. The molecule has 0 saturated heterocycles. The van der Waals surface area contributed by atoms with Crippen LogP contribution in [0.5, 0.6) is 0 Å². The van der Waals surface area contributed by atoms with Crippen LogP contribution in [-0.2, 0) is 6.54 Å². The molecule has 0 spiro atoms. The van der Waals surface area contributed by atoms with Crippen LogP contribution in [-0.4, -0.2) is 25.6 Å². The Kier molecular flexibility index (Phi) is 2.81. The Morgan fingerprint density at radius 2 is 2.16 bits per heavy atom. The Morgan fingerprint density at radius 1 is 1.42 bits per heavy atom. The first-order valence-electron chi connectivity index (χ1n) is 6.42. The highest BCUT2D eigenvalue weighted by Gasteiger charge is 2.28. The highest BCUT2D eigenvalue weighted by atomic mass is 16.4. The summed E-state index contributed by atoms with van der Waals surface area (Å²) in [5, 5.41) is 9.33. The van der Waals surface area contributed by atoms with E-state index in [1.54, 1.807) is 12.4 Å². The lowest BCUT2D eigenvalue weighted by molar-refractivity contribution is 0.0688. The first-order valence-corrected chi connectivity index (χ1v) is 6.42. The molecule has 0 fully saturated rings. The summed E-state index contributed by atoms with van der Waals surface area (Å²) in [6.07, 6.45) is 5.47. The van der Waals surface area contributed by atoms with Crippen LogP contribution in [0.4, 0.5) is 0 Å². The van der Waals surface area contributed by atoms with Crippen LogP contribution < -0.4 is 0 Å². The van der Waals surface area contributed by atoms with Gasteiger partial charge in [-0.1, -0.05) is 6.92 Å². The standard InChI is InChI=1S/C14H15N3O2/c1-9-3-2-8-17-12(9)11(14(18)19)16-13(17)10-4-6-15-7-5-10/h4-7,9H,2-3,8H2,1H3,(H,18,19). The van der Waals surface area contributed by atoms with E-state index >= 15 is 0 Å². The number of hydrogen-bond donors (Lipinski definition) is 1.